The summed E-state index contributed by atoms with van der Waals surface area (Å²) in [5.74, 6) is 0. The van der Waals surface area contributed by atoms with Gasteiger partial charge in [0.2, 0.25) is 0 Å². The lowest BCUT2D eigenvalue weighted by atomic mass is 9.86. The monoisotopic (exact) mass is 283 g/mol. The fraction of sp³-hybridized carbons (Fsp3) is 0.462. The van der Waals surface area contributed by atoms with Crippen molar-refractivity contribution in [3.63, 3.8) is 0 Å². The number of halogens is 1. The number of carbonyl (C=O) groups is 1. The maximum atomic E-state index is 10.6. The third kappa shape index (κ3) is 4.35. The highest BCUT2D eigenvalue weighted by Gasteiger charge is 2.12. The van der Waals surface area contributed by atoms with Gasteiger partial charge in [0.15, 0.2) is 0 Å². The summed E-state index contributed by atoms with van der Waals surface area (Å²) >= 11 is 2.84. The highest BCUT2D eigenvalue weighted by atomic mass is 79.9. The molecule has 1 rings (SSSR count). The fourth-order valence-electron chi connectivity index (χ4n) is 1.48. The Balaban J connectivity index is 2.55. The van der Waals surface area contributed by atoms with Gasteiger partial charge in [-0.1, -0.05) is 45.0 Å². The molecular weight excluding hydrogens is 266 g/mol. The van der Waals surface area contributed by atoms with E-state index in [-0.39, 0.29) is 10.2 Å². The molecule has 0 fully saturated rings. The van der Waals surface area contributed by atoms with Crippen LogP contribution in [-0.2, 0) is 11.8 Å². The second kappa shape index (κ2) is 5.48. The van der Waals surface area contributed by atoms with E-state index in [0.717, 1.165) is 6.42 Å². The predicted octanol–water partition coefficient (Wildman–Crippen LogP) is 3.63. The van der Waals surface area contributed by atoms with Crippen molar-refractivity contribution in [3.05, 3.63) is 35.4 Å². The third-order valence-corrected chi connectivity index (χ3v) is 2.78. The standard InChI is InChI=1S/C13H18BrNO/c1-13(2,3)11-6-4-10(5-7-11)8-9-15-12(14)16/h4-7H,8-9H2,1-3H3,(H,15,16). The average molecular weight is 284 g/mol. The Hall–Kier alpha value is -0.830. The van der Waals surface area contributed by atoms with E-state index in [9.17, 15) is 4.79 Å². The molecule has 0 saturated heterocycles. The van der Waals surface area contributed by atoms with E-state index in [4.69, 9.17) is 0 Å². The molecule has 2 nitrogen and oxygen atoms in total. The molecule has 0 atom stereocenters. The van der Waals surface area contributed by atoms with Crippen molar-refractivity contribution in [1.29, 1.82) is 0 Å². The second-order valence-electron chi connectivity index (χ2n) is 4.90. The van der Waals surface area contributed by atoms with Gasteiger partial charge in [0.05, 0.1) is 0 Å². The molecule has 0 aliphatic carbocycles. The third-order valence-electron chi connectivity index (χ3n) is 2.50. The van der Waals surface area contributed by atoms with E-state index < -0.39 is 0 Å². The van der Waals surface area contributed by atoms with Crippen molar-refractivity contribution in [2.24, 2.45) is 0 Å². The van der Waals surface area contributed by atoms with Crippen LogP contribution in [0.2, 0.25) is 0 Å². The normalized spacial score (nSPS) is 11.2. The maximum Gasteiger partial charge on any atom is 0.287 e. The van der Waals surface area contributed by atoms with Gasteiger partial charge in [0.1, 0.15) is 0 Å². The molecule has 16 heavy (non-hydrogen) atoms. The molecule has 0 spiro atoms. The van der Waals surface area contributed by atoms with E-state index in [1.165, 1.54) is 11.1 Å². The van der Waals surface area contributed by atoms with Gasteiger partial charge in [0.25, 0.3) is 4.82 Å². The Morgan fingerprint density at radius 3 is 2.25 bits per heavy atom. The van der Waals surface area contributed by atoms with E-state index in [2.05, 4.69) is 66.3 Å². The lowest BCUT2D eigenvalue weighted by molar-refractivity contribution is 0.262. The lowest BCUT2D eigenvalue weighted by Gasteiger charge is -2.19. The Morgan fingerprint density at radius 2 is 1.81 bits per heavy atom. The molecule has 0 unspecified atom stereocenters. The first-order valence-corrected chi connectivity index (χ1v) is 6.21. The zero-order valence-electron chi connectivity index (χ0n) is 10.0. The molecule has 0 saturated carbocycles. The van der Waals surface area contributed by atoms with Gasteiger partial charge >= 0.3 is 0 Å². The molecule has 88 valence electrons. The van der Waals surface area contributed by atoms with Crippen LogP contribution in [0, 0.1) is 0 Å². The number of nitrogens with one attached hydrogen (secondary N) is 1. The molecule has 0 aliphatic heterocycles. The van der Waals surface area contributed by atoms with Crippen molar-refractivity contribution >= 4 is 20.7 Å². The topological polar surface area (TPSA) is 29.1 Å². The van der Waals surface area contributed by atoms with Crippen LogP contribution in [0.4, 0.5) is 4.79 Å². The summed E-state index contributed by atoms with van der Waals surface area (Å²) in [6.45, 7) is 7.27. The zero-order chi connectivity index (χ0) is 12.2. The molecule has 1 N–H and O–H groups in total. The SMILES string of the molecule is CC(C)(C)c1ccc(CCNC(=O)Br)cc1. The highest BCUT2D eigenvalue weighted by Crippen LogP contribution is 2.22. The van der Waals surface area contributed by atoms with Gasteiger partial charge < -0.3 is 5.32 Å². The van der Waals surface area contributed by atoms with E-state index in [1.54, 1.807) is 0 Å². The van der Waals surface area contributed by atoms with Gasteiger partial charge in [-0.15, -0.1) is 0 Å². The molecule has 1 amide bonds. The summed E-state index contributed by atoms with van der Waals surface area (Å²) in [5.41, 5.74) is 2.78. The molecule has 0 aromatic heterocycles. The summed E-state index contributed by atoms with van der Waals surface area (Å²) in [6.07, 6.45) is 0.863. The van der Waals surface area contributed by atoms with Gasteiger partial charge in [-0.2, -0.15) is 0 Å². The first-order chi connectivity index (χ1) is 7.39. The largest absolute Gasteiger partial charge is 0.346 e. The van der Waals surface area contributed by atoms with Crippen molar-refractivity contribution < 1.29 is 4.79 Å². The molecule has 1 aromatic rings. The number of benzene rings is 1. The molecule has 3 heteroatoms. The minimum Gasteiger partial charge on any atom is -0.346 e. The van der Waals surface area contributed by atoms with Crippen LogP contribution in [0.1, 0.15) is 31.9 Å². The summed E-state index contributed by atoms with van der Waals surface area (Å²) < 4.78 is 0. The first-order valence-electron chi connectivity index (χ1n) is 5.42. The minimum absolute atomic E-state index is 0.154. The molecule has 0 aliphatic rings. The van der Waals surface area contributed by atoms with Gasteiger partial charge in [-0.25, -0.2) is 0 Å². The van der Waals surface area contributed by atoms with E-state index >= 15 is 0 Å². The molecule has 1 aromatic carbocycles. The summed E-state index contributed by atoms with van der Waals surface area (Å²) in [6, 6.07) is 8.57. The number of hydrogen-bond donors (Lipinski definition) is 1. The van der Waals surface area contributed by atoms with Crippen LogP contribution in [0.25, 0.3) is 0 Å². The minimum atomic E-state index is -0.154. The fourth-order valence-corrected chi connectivity index (χ4v) is 1.67. The second-order valence-corrected chi connectivity index (χ2v) is 5.62. The quantitative estimate of drug-likeness (QED) is 0.666. The molecule has 0 heterocycles. The van der Waals surface area contributed by atoms with Crippen LogP contribution >= 0.6 is 15.9 Å². The number of carbonyl (C=O) groups excluding carboxylic acids is 1. The highest BCUT2D eigenvalue weighted by molar-refractivity contribution is 9.18. The van der Waals surface area contributed by atoms with Crippen molar-refractivity contribution in [2.75, 3.05) is 6.54 Å². The molecule has 0 radical (unpaired) electrons. The molecular formula is C13H18BrNO. The summed E-state index contributed by atoms with van der Waals surface area (Å²) in [4.78, 5) is 10.5. The first kappa shape index (κ1) is 13.2. The average Bonchev–Trinajstić information content (AvgIpc) is 2.16. The number of rotatable bonds is 3. The smallest absolute Gasteiger partial charge is 0.287 e. The Bertz CT molecular complexity index is 351. The maximum absolute atomic E-state index is 10.6. The van der Waals surface area contributed by atoms with E-state index in [1.807, 2.05) is 0 Å². The Kier molecular flexibility index (Phi) is 4.54. The van der Waals surface area contributed by atoms with Crippen molar-refractivity contribution in [3.8, 4) is 0 Å². The van der Waals surface area contributed by atoms with Crippen LogP contribution < -0.4 is 5.32 Å². The Morgan fingerprint density at radius 1 is 1.25 bits per heavy atom. The Labute approximate surface area is 106 Å². The van der Waals surface area contributed by atoms with Crippen LogP contribution in [-0.4, -0.2) is 11.4 Å². The number of hydrogen-bond acceptors (Lipinski definition) is 1. The van der Waals surface area contributed by atoms with Crippen molar-refractivity contribution in [1.82, 2.24) is 5.32 Å². The van der Waals surface area contributed by atoms with Crippen LogP contribution in [0.5, 0.6) is 0 Å². The zero-order valence-corrected chi connectivity index (χ0v) is 11.6. The predicted molar refractivity (Wildman–Crippen MR) is 71.2 cm³/mol. The molecule has 0 bridgehead atoms. The van der Waals surface area contributed by atoms with Crippen LogP contribution in [0.3, 0.4) is 0 Å². The summed E-state index contributed by atoms with van der Waals surface area (Å²) in [5, 5.41) is 2.72. The van der Waals surface area contributed by atoms with Crippen molar-refractivity contribution in [2.45, 2.75) is 32.6 Å². The van der Waals surface area contributed by atoms with Gasteiger partial charge in [0, 0.05) is 22.5 Å². The van der Waals surface area contributed by atoms with Gasteiger partial charge in [-0.05, 0) is 23.0 Å². The lowest BCUT2D eigenvalue weighted by Crippen LogP contribution is -2.19. The number of amides is 1. The summed E-state index contributed by atoms with van der Waals surface area (Å²) in [7, 11) is 0. The van der Waals surface area contributed by atoms with Gasteiger partial charge in [-0.3, -0.25) is 4.79 Å². The van der Waals surface area contributed by atoms with E-state index in [0.29, 0.717) is 6.54 Å². The van der Waals surface area contributed by atoms with Crippen LogP contribution in [0.15, 0.2) is 24.3 Å².